The standard InChI is InChI=1S/C17H18O3.C6H12O.C6H14/c1-10-3-5-13(6-4-10)20-17-11(2)7-14-15(17)8-12(18)9-16(14)19;1-3-4-5-6(2)7;1-3-5-6-4-2/h3-6,8-9,11,17-19H,7H2,1-2H3;3-5H2,1-2H3;3-6H2,1-2H3/t11?,17-;;/m1../s1. The van der Waals surface area contributed by atoms with Crippen LogP contribution in [0.1, 0.15) is 102 Å². The Bertz CT molecular complexity index is 822. The van der Waals surface area contributed by atoms with Crippen LogP contribution < -0.4 is 4.74 Å². The Kier molecular flexibility index (Phi) is 13.3. The van der Waals surface area contributed by atoms with Gasteiger partial charge in [0.25, 0.3) is 0 Å². The number of fused-ring (bicyclic) bond motifs is 1. The van der Waals surface area contributed by atoms with Crippen molar-refractivity contribution in [3.05, 3.63) is 53.1 Å². The summed E-state index contributed by atoms with van der Waals surface area (Å²) in [4.78, 5) is 10.2. The van der Waals surface area contributed by atoms with Gasteiger partial charge in [-0.3, -0.25) is 0 Å². The summed E-state index contributed by atoms with van der Waals surface area (Å²) >= 11 is 0. The lowest BCUT2D eigenvalue weighted by molar-refractivity contribution is -0.117. The minimum atomic E-state index is -0.134. The maximum absolute atomic E-state index is 10.2. The summed E-state index contributed by atoms with van der Waals surface area (Å²) in [5, 5.41) is 19.6. The van der Waals surface area contributed by atoms with Gasteiger partial charge in [-0.05, 0) is 44.9 Å². The van der Waals surface area contributed by atoms with Gasteiger partial charge in [-0.2, -0.15) is 0 Å². The number of ketones is 1. The average molecular weight is 457 g/mol. The summed E-state index contributed by atoms with van der Waals surface area (Å²) in [5.74, 6) is 1.61. The number of unbranched alkanes of at least 4 members (excludes halogenated alkanes) is 4. The third kappa shape index (κ3) is 10.3. The molecule has 0 radical (unpaired) electrons. The van der Waals surface area contributed by atoms with Crippen molar-refractivity contribution in [3.8, 4) is 17.2 Å². The van der Waals surface area contributed by atoms with Gasteiger partial charge in [-0.15, -0.1) is 0 Å². The van der Waals surface area contributed by atoms with Crippen molar-refractivity contribution in [3.63, 3.8) is 0 Å². The Balaban J connectivity index is 0.000000348. The van der Waals surface area contributed by atoms with Crippen molar-refractivity contribution >= 4 is 5.78 Å². The lowest BCUT2D eigenvalue weighted by Gasteiger charge is -2.19. The summed E-state index contributed by atoms with van der Waals surface area (Å²) in [5.41, 5.74) is 2.95. The Hall–Kier alpha value is -2.49. The smallest absolute Gasteiger partial charge is 0.129 e. The van der Waals surface area contributed by atoms with Crippen LogP contribution in [0.15, 0.2) is 36.4 Å². The number of ether oxygens (including phenoxy) is 1. The molecule has 0 saturated heterocycles. The molecular formula is C29H44O4. The maximum Gasteiger partial charge on any atom is 0.129 e. The van der Waals surface area contributed by atoms with Crippen molar-refractivity contribution in [2.75, 3.05) is 0 Å². The van der Waals surface area contributed by atoms with E-state index in [0.717, 1.165) is 42.6 Å². The van der Waals surface area contributed by atoms with Gasteiger partial charge in [0.05, 0.1) is 0 Å². The van der Waals surface area contributed by atoms with Crippen LogP contribution in [0, 0.1) is 12.8 Å². The van der Waals surface area contributed by atoms with E-state index >= 15 is 0 Å². The number of aryl methyl sites for hydroxylation is 1. The first-order valence-electron chi connectivity index (χ1n) is 12.5. The van der Waals surface area contributed by atoms with Crippen molar-refractivity contribution < 1.29 is 19.7 Å². The molecule has 3 rings (SSSR count). The van der Waals surface area contributed by atoms with E-state index in [9.17, 15) is 15.0 Å². The monoisotopic (exact) mass is 456 g/mol. The second-order valence-corrected chi connectivity index (χ2v) is 9.08. The first-order valence-corrected chi connectivity index (χ1v) is 12.5. The van der Waals surface area contributed by atoms with Crippen molar-refractivity contribution in [1.29, 1.82) is 0 Å². The van der Waals surface area contributed by atoms with Gasteiger partial charge in [0, 0.05) is 29.5 Å². The summed E-state index contributed by atoms with van der Waals surface area (Å²) in [6.07, 6.45) is 9.10. The third-order valence-corrected chi connectivity index (χ3v) is 5.72. The van der Waals surface area contributed by atoms with Crippen LogP contribution in [-0.4, -0.2) is 16.0 Å². The molecule has 4 heteroatoms. The second-order valence-electron chi connectivity index (χ2n) is 9.08. The Labute approximate surface area is 201 Å². The number of phenols is 2. The minimum Gasteiger partial charge on any atom is -0.508 e. The van der Waals surface area contributed by atoms with E-state index in [1.165, 1.54) is 37.3 Å². The van der Waals surface area contributed by atoms with Gasteiger partial charge in [0.15, 0.2) is 0 Å². The average Bonchev–Trinajstić information content (AvgIpc) is 3.09. The number of phenolic OH excluding ortho intramolecular Hbond substituents is 2. The summed E-state index contributed by atoms with van der Waals surface area (Å²) < 4.78 is 6.06. The Morgan fingerprint density at radius 1 is 0.970 bits per heavy atom. The first kappa shape index (κ1) is 28.5. The number of carbonyl (C=O) groups excluding carboxylic acids is 1. The molecule has 2 aromatic carbocycles. The predicted octanol–water partition coefficient (Wildman–Crippen LogP) is 8.07. The van der Waals surface area contributed by atoms with E-state index < -0.39 is 0 Å². The fraction of sp³-hybridized carbons (Fsp3) is 0.552. The molecule has 0 amide bonds. The first-order chi connectivity index (χ1) is 15.7. The number of hydrogen-bond acceptors (Lipinski definition) is 4. The zero-order valence-electron chi connectivity index (χ0n) is 21.5. The zero-order chi connectivity index (χ0) is 24.8. The van der Waals surface area contributed by atoms with Gasteiger partial charge in [-0.25, -0.2) is 0 Å². The molecule has 0 spiro atoms. The molecule has 2 N–H and O–H groups in total. The minimum absolute atomic E-state index is 0.0767. The summed E-state index contributed by atoms with van der Waals surface area (Å²) in [7, 11) is 0. The van der Waals surface area contributed by atoms with E-state index in [0.29, 0.717) is 5.78 Å². The molecule has 2 atom stereocenters. The molecule has 0 saturated carbocycles. The summed E-state index contributed by atoms with van der Waals surface area (Å²) in [6, 6.07) is 11.0. The number of hydrogen-bond donors (Lipinski definition) is 2. The molecule has 184 valence electrons. The van der Waals surface area contributed by atoms with Gasteiger partial charge in [0.2, 0.25) is 0 Å². The molecule has 0 fully saturated rings. The van der Waals surface area contributed by atoms with Crippen LogP contribution in [0.3, 0.4) is 0 Å². The van der Waals surface area contributed by atoms with Gasteiger partial charge in [-0.1, -0.05) is 77.5 Å². The number of Topliss-reactive ketones (excluding diaryl/α,β-unsaturated/α-hetero) is 1. The third-order valence-electron chi connectivity index (χ3n) is 5.72. The molecular weight excluding hydrogens is 412 g/mol. The molecule has 1 unspecified atom stereocenters. The molecule has 4 nitrogen and oxygen atoms in total. The van der Waals surface area contributed by atoms with Crippen LogP contribution >= 0.6 is 0 Å². The molecule has 0 bridgehead atoms. The fourth-order valence-corrected chi connectivity index (χ4v) is 3.74. The normalized spacial score (nSPS) is 16.1. The number of carbonyl (C=O) groups is 1. The molecule has 1 aliphatic carbocycles. The molecule has 1 aliphatic rings. The van der Waals surface area contributed by atoms with Crippen molar-refractivity contribution in [2.24, 2.45) is 5.92 Å². The Morgan fingerprint density at radius 2 is 1.55 bits per heavy atom. The van der Waals surface area contributed by atoms with Gasteiger partial charge in [0.1, 0.15) is 29.1 Å². The van der Waals surface area contributed by atoms with Crippen LogP contribution in [-0.2, 0) is 11.2 Å². The maximum atomic E-state index is 10.2. The second kappa shape index (κ2) is 15.4. The molecule has 2 aromatic rings. The Morgan fingerprint density at radius 3 is 2.03 bits per heavy atom. The predicted molar refractivity (Wildman–Crippen MR) is 137 cm³/mol. The molecule has 33 heavy (non-hydrogen) atoms. The number of aromatic hydroxyl groups is 2. The van der Waals surface area contributed by atoms with Gasteiger partial charge < -0.3 is 19.7 Å². The van der Waals surface area contributed by atoms with E-state index in [2.05, 4.69) is 27.7 Å². The number of rotatable bonds is 8. The largest absolute Gasteiger partial charge is 0.508 e. The lowest BCUT2D eigenvalue weighted by Crippen LogP contribution is -2.11. The summed E-state index contributed by atoms with van der Waals surface area (Å²) in [6.45, 7) is 12.3. The zero-order valence-corrected chi connectivity index (χ0v) is 21.5. The highest BCUT2D eigenvalue weighted by molar-refractivity contribution is 5.75. The quantitative estimate of drug-likeness (QED) is 0.394. The van der Waals surface area contributed by atoms with E-state index in [4.69, 9.17) is 4.74 Å². The van der Waals surface area contributed by atoms with Crippen LogP contribution in [0.25, 0.3) is 0 Å². The lowest BCUT2D eigenvalue weighted by atomic mass is 10.1. The number of benzene rings is 2. The molecule has 0 aromatic heterocycles. The SMILES string of the molecule is CCCCC(C)=O.CCCCCC.Cc1ccc(O[C@H]2c3cc(O)cc(O)c3CC2C)cc1. The van der Waals surface area contributed by atoms with E-state index in [1.807, 2.05) is 31.2 Å². The van der Waals surface area contributed by atoms with E-state index in [-0.39, 0.29) is 23.5 Å². The van der Waals surface area contributed by atoms with Crippen LogP contribution in [0.4, 0.5) is 0 Å². The van der Waals surface area contributed by atoms with Gasteiger partial charge >= 0.3 is 0 Å². The highest BCUT2D eigenvalue weighted by atomic mass is 16.5. The van der Waals surface area contributed by atoms with Crippen molar-refractivity contribution in [2.45, 2.75) is 99.0 Å². The fourth-order valence-electron chi connectivity index (χ4n) is 3.74. The molecule has 0 aliphatic heterocycles. The highest BCUT2D eigenvalue weighted by Gasteiger charge is 2.33. The van der Waals surface area contributed by atoms with Crippen LogP contribution in [0.2, 0.25) is 0 Å². The highest BCUT2D eigenvalue weighted by Crippen LogP contribution is 2.44. The van der Waals surface area contributed by atoms with Crippen molar-refractivity contribution in [1.82, 2.24) is 0 Å². The van der Waals surface area contributed by atoms with E-state index in [1.54, 1.807) is 13.0 Å². The molecule has 0 heterocycles. The van der Waals surface area contributed by atoms with Crippen LogP contribution in [0.5, 0.6) is 17.2 Å². The topological polar surface area (TPSA) is 66.8 Å².